The van der Waals surface area contributed by atoms with E-state index in [1.165, 1.54) is 0 Å². The Kier molecular flexibility index (Phi) is 6.58. The van der Waals surface area contributed by atoms with Gasteiger partial charge in [0.25, 0.3) is 0 Å². The molecule has 2 aromatic carbocycles. The zero-order valence-electron chi connectivity index (χ0n) is 19.4. The standard InChI is InChI=1S/C26H29NO6/c1-5-33-17-8-6-15(7-9-17)16-10-20-26(21(28)11-16)19(13-25(29)27-20)18-12-23(31-3)24(32-4)14-22(18)30-2/h6-9,12,14,16,19H,5,10-11,13H2,1-4H3,(H,27,29). The van der Waals surface area contributed by atoms with Gasteiger partial charge in [0.15, 0.2) is 17.3 Å². The van der Waals surface area contributed by atoms with Gasteiger partial charge in [0.2, 0.25) is 5.91 Å². The Balaban J connectivity index is 1.71. The Morgan fingerprint density at radius 1 is 0.879 bits per heavy atom. The number of carbonyl (C=O) groups is 2. The number of nitrogens with one attached hydrogen (secondary N) is 1. The lowest BCUT2D eigenvalue weighted by atomic mass is 9.73. The van der Waals surface area contributed by atoms with Crippen molar-refractivity contribution >= 4 is 11.7 Å². The zero-order valence-corrected chi connectivity index (χ0v) is 19.4. The minimum absolute atomic E-state index is 0.00160. The molecule has 7 nitrogen and oxygen atoms in total. The Morgan fingerprint density at radius 2 is 1.55 bits per heavy atom. The molecule has 0 spiro atoms. The fourth-order valence-corrected chi connectivity index (χ4v) is 4.79. The summed E-state index contributed by atoms with van der Waals surface area (Å²) in [5.41, 5.74) is 3.15. The molecule has 1 aliphatic carbocycles. The van der Waals surface area contributed by atoms with Gasteiger partial charge in [-0.1, -0.05) is 12.1 Å². The van der Waals surface area contributed by atoms with Gasteiger partial charge in [0.1, 0.15) is 11.5 Å². The lowest BCUT2D eigenvalue weighted by Crippen LogP contribution is -2.38. The molecular formula is C26H29NO6. The molecule has 0 aromatic heterocycles. The van der Waals surface area contributed by atoms with E-state index in [2.05, 4.69) is 5.32 Å². The molecule has 1 heterocycles. The fourth-order valence-electron chi connectivity index (χ4n) is 4.79. The van der Waals surface area contributed by atoms with Gasteiger partial charge in [0, 0.05) is 41.7 Å². The average Bonchev–Trinajstić information content (AvgIpc) is 2.82. The minimum Gasteiger partial charge on any atom is -0.496 e. The van der Waals surface area contributed by atoms with Gasteiger partial charge in [-0.05, 0) is 43.0 Å². The smallest absolute Gasteiger partial charge is 0.225 e. The number of ether oxygens (including phenoxy) is 4. The topological polar surface area (TPSA) is 83.1 Å². The maximum Gasteiger partial charge on any atom is 0.225 e. The van der Waals surface area contributed by atoms with Gasteiger partial charge < -0.3 is 24.3 Å². The normalized spacial score (nSPS) is 20.1. The van der Waals surface area contributed by atoms with Crippen LogP contribution in [0.5, 0.6) is 23.0 Å². The van der Waals surface area contributed by atoms with Crippen LogP contribution in [0.2, 0.25) is 0 Å². The molecule has 2 aliphatic rings. The molecule has 4 rings (SSSR count). The molecular weight excluding hydrogens is 422 g/mol. The van der Waals surface area contributed by atoms with Gasteiger partial charge in [0.05, 0.1) is 27.9 Å². The van der Waals surface area contributed by atoms with Crippen molar-refractivity contribution in [2.45, 2.75) is 38.0 Å². The number of amides is 1. The molecule has 7 heteroatoms. The quantitative estimate of drug-likeness (QED) is 0.682. The lowest BCUT2D eigenvalue weighted by Gasteiger charge is -2.35. The van der Waals surface area contributed by atoms with Crippen molar-refractivity contribution in [1.82, 2.24) is 5.32 Å². The first-order chi connectivity index (χ1) is 16.0. The van der Waals surface area contributed by atoms with Gasteiger partial charge in [-0.25, -0.2) is 0 Å². The second-order valence-electron chi connectivity index (χ2n) is 8.18. The summed E-state index contributed by atoms with van der Waals surface area (Å²) in [5.74, 6) is 1.92. The summed E-state index contributed by atoms with van der Waals surface area (Å²) in [6.07, 6.45) is 1.14. The van der Waals surface area contributed by atoms with E-state index in [-0.39, 0.29) is 24.0 Å². The van der Waals surface area contributed by atoms with Gasteiger partial charge in [-0.2, -0.15) is 0 Å². The van der Waals surface area contributed by atoms with Crippen LogP contribution in [0.15, 0.2) is 47.7 Å². The van der Waals surface area contributed by atoms with Crippen molar-refractivity contribution in [1.29, 1.82) is 0 Å². The number of allylic oxidation sites excluding steroid dienone is 2. The zero-order chi connectivity index (χ0) is 23.5. The van der Waals surface area contributed by atoms with Gasteiger partial charge in [-0.3, -0.25) is 9.59 Å². The molecule has 1 N–H and O–H groups in total. The maximum absolute atomic E-state index is 13.4. The molecule has 1 aliphatic heterocycles. The third-order valence-corrected chi connectivity index (χ3v) is 6.31. The Morgan fingerprint density at radius 3 is 2.18 bits per heavy atom. The third-order valence-electron chi connectivity index (χ3n) is 6.31. The molecule has 0 bridgehead atoms. The summed E-state index contributed by atoms with van der Waals surface area (Å²) in [5, 5.41) is 2.97. The van der Waals surface area contributed by atoms with E-state index in [1.54, 1.807) is 33.5 Å². The fraction of sp³-hybridized carbons (Fsp3) is 0.385. The van der Waals surface area contributed by atoms with E-state index >= 15 is 0 Å². The molecule has 174 valence electrons. The molecule has 0 saturated heterocycles. The monoisotopic (exact) mass is 451 g/mol. The second kappa shape index (κ2) is 9.57. The van der Waals surface area contributed by atoms with E-state index in [0.29, 0.717) is 48.0 Å². The number of hydrogen-bond acceptors (Lipinski definition) is 6. The third kappa shape index (κ3) is 4.40. The first kappa shape index (κ1) is 22.7. The Bertz CT molecular complexity index is 1090. The van der Waals surface area contributed by atoms with Crippen LogP contribution in [0.25, 0.3) is 0 Å². The summed E-state index contributed by atoms with van der Waals surface area (Å²) >= 11 is 0. The predicted molar refractivity (Wildman–Crippen MR) is 123 cm³/mol. The van der Waals surface area contributed by atoms with Crippen LogP contribution in [0, 0.1) is 0 Å². The Hall–Kier alpha value is -3.48. The molecule has 0 saturated carbocycles. The van der Waals surface area contributed by atoms with E-state index < -0.39 is 5.92 Å². The second-order valence-corrected chi connectivity index (χ2v) is 8.18. The summed E-state index contributed by atoms with van der Waals surface area (Å²) in [4.78, 5) is 26.1. The minimum atomic E-state index is -0.405. The highest BCUT2D eigenvalue weighted by molar-refractivity contribution is 6.02. The molecule has 33 heavy (non-hydrogen) atoms. The first-order valence-electron chi connectivity index (χ1n) is 11.1. The summed E-state index contributed by atoms with van der Waals surface area (Å²) in [6.45, 7) is 2.54. The van der Waals surface area contributed by atoms with E-state index in [4.69, 9.17) is 18.9 Å². The molecule has 0 radical (unpaired) electrons. The van der Waals surface area contributed by atoms with E-state index in [9.17, 15) is 9.59 Å². The van der Waals surface area contributed by atoms with E-state index in [0.717, 1.165) is 16.9 Å². The number of benzene rings is 2. The number of rotatable bonds is 7. The van der Waals surface area contributed by atoms with Crippen molar-refractivity contribution in [2.24, 2.45) is 0 Å². The van der Waals surface area contributed by atoms with Crippen molar-refractivity contribution in [3.63, 3.8) is 0 Å². The highest BCUT2D eigenvalue weighted by atomic mass is 16.5. The maximum atomic E-state index is 13.4. The number of hydrogen-bond donors (Lipinski definition) is 1. The summed E-state index contributed by atoms with van der Waals surface area (Å²) < 4.78 is 22.0. The number of Topliss-reactive ketones (excluding diaryl/α,β-unsaturated/α-hetero) is 1. The van der Waals surface area contributed by atoms with Crippen molar-refractivity contribution < 1.29 is 28.5 Å². The van der Waals surface area contributed by atoms with Crippen LogP contribution < -0.4 is 24.3 Å². The van der Waals surface area contributed by atoms with Crippen LogP contribution >= 0.6 is 0 Å². The molecule has 2 atom stereocenters. The first-order valence-corrected chi connectivity index (χ1v) is 11.1. The predicted octanol–water partition coefficient (Wildman–Crippen LogP) is 4.12. The SMILES string of the molecule is CCOc1ccc(C2CC(=O)C3=C(C2)NC(=O)CC3c2cc(OC)c(OC)cc2OC)cc1. The van der Waals surface area contributed by atoms with Crippen LogP contribution in [0.3, 0.4) is 0 Å². The Labute approximate surface area is 193 Å². The summed E-state index contributed by atoms with van der Waals surface area (Å²) in [6, 6.07) is 11.4. The van der Waals surface area contributed by atoms with Crippen molar-refractivity contribution in [2.75, 3.05) is 27.9 Å². The van der Waals surface area contributed by atoms with Crippen LogP contribution in [0.4, 0.5) is 0 Å². The van der Waals surface area contributed by atoms with Crippen LogP contribution in [-0.4, -0.2) is 39.6 Å². The summed E-state index contributed by atoms with van der Waals surface area (Å²) in [7, 11) is 4.67. The van der Waals surface area contributed by atoms with Crippen LogP contribution in [0.1, 0.15) is 49.1 Å². The van der Waals surface area contributed by atoms with Crippen molar-refractivity contribution in [3.05, 3.63) is 58.8 Å². The number of carbonyl (C=O) groups excluding carboxylic acids is 2. The molecule has 1 amide bonds. The number of ketones is 1. The number of methoxy groups -OCH3 is 3. The van der Waals surface area contributed by atoms with Gasteiger partial charge in [-0.15, -0.1) is 0 Å². The van der Waals surface area contributed by atoms with Gasteiger partial charge >= 0.3 is 0 Å². The molecule has 0 fully saturated rings. The largest absolute Gasteiger partial charge is 0.496 e. The van der Waals surface area contributed by atoms with Crippen molar-refractivity contribution in [3.8, 4) is 23.0 Å². The lowest BCUT2D eigenvalue weighted by molar-refractivity contribution is -0.122. The highest BCUT2D eigenvalue weighted by Gasteiger charge is 2.39. The molecule has 2 unspecified atom stereocenters. The highest BCUT2D eigenvalue weighted by Crippen LogP contribution is 2.47. The average molecular weight is 452 g/mol. The van der Waals surface area contributed by atoms with E-state index in [1.807, 2.05) is 31.2 Å². The molecule has 2 aromatic rings. The van der Waals surface area contributed by atoms with Crippen LogP contribution in [-0.2, 0) is 9.59 Å².